The molecule has 1 saturated heterocycles. The first-order chi connectivity index (χ1) is 17.5. The average Bonchev–Trinajstić information content (AvgIpc) is 3.17. The topological polar surface area (TPSA) is 109 Å². The molecule has 3 N–H and O–H groups in total. The molecule has 2 aromatic carbocycles. The first kappa shape index (κ1) is 25.9. The molecule has 0 spiro atoms. The van der Waals surface area contributed by atoms with Crippen LogP contribution in [0.15, 0.2) is 46.3 Å². The Bertz CT molecular complexity index is 1410. The van der Waals surface area contributed by atoms with Crippen LogP contribution in [0.1, 0.15) is 23.0 Å². The largest absolute Gasteiger partial charge is 0.368 e. The van der Waals surface area contributed by atoms with Gasteiger partial charge in [-0.25, -0.2) is 13.2 Å². The molecule has 1 fully saturated rings. The zero-order valence-electron chi connectivity index (χ0n) is 20.5. The van der Waals surface area contributed by atoms with Gasteiger partial charge in [0.15, 0.2) is 17.5 Å². The highest BCUT2D eigenvalue weighted by Gasteiger charge is 2.31. The molecule has 37 heavy (non-hydrogen) atoms. The summed E-state index contributed by atoms with van der Waals surface area (Å²) in [5.41, 5.74) is 5.70. The molecule has 0 saturated carbocycles. The minimum absolute atomic E-state index is 0.132. The van der Waals surface area contributed by atoms with E-state index >= 15 is 4.39 Å². The van der Waals surface area contributed by atoms with E-state index in [1.54, 1.807) is 14.0 Å². The average molecular weight is 514 g/mol. The highest BCUT2D eigenvalue weighted by molar-refractivity contribution is 6.05. The molecule has 2 atom stereocenters. The Hall–Kier alpha value is -4.19. The minimum atomic E-state index is -1.03. The third kappa shape index (κ3) is 4.79. The van der Waals surface area contributed by atoms with Crippen LogP contribution in [0.4, 0.5) is 30.2 Å². The summed E-state index contributed by atoms with van der Waals surface area (Å²) in [4.78, 5) is 27.5. The third-order valence-electron chi connectivity index (χ3n) is 6.42. The predicted molar refractivity (Wildman–Crippen MR) is 136 cm³/mol. The Balaban J connectivity index is 1.78. The maximum Gasteiger partial charge on any atom is 0.276 e. The maximum atomic E-state index is 15.2. The summed E-state index contributed by atoms with van der Waals surface area (Å²) in [6.45, 7) is 8.17. The smallest absolute Gasteiger partial charge is 0.276 e. The number of aromatic nitrogens is 2. The number of hydrazone groups is 1. The molecule has 12 heteroatoms. The molecule has 0 bridgehead atoms. The summed E-state index contributed by atoms with van der Waals surface area (Å²) in [7, 11) is 1.55. The quantitative estimate of drug-likeness (QED) is 0.388. The number of rotatable bonds is 6. The number of para-hydroxylation sites is 1. The Morgan fingerprint density at radius 3 is 2.43 bits per heavy atom. The van der Waals surface area contributed by atoms with E-state index in [-0.39, 0.29) is 29.0 Å². The van der Waals surface area contributed by atoms with Crippen molar-refractivity contribution < 1.29 is 18.0 Å². The summed E-state index contributed by atoms with van der Waals surface area (Å²) in [6.07, 6.45) is 0. The molecule has 0 aliphatic carbocycles. The number of nitrogens with zero attached hydrogens (tertiary/aromatic N) is 5. The fourth-order valence-corrected chi connectivity index (χ4v) is 4.47. The fraction of sp³-hybridized carbons (Fsp3) is 0.280. The zero-order chi connectivity index (χ0) is 27.0. The van der Waals surface area contributed by atoms with Crippen LogP contribution >= 0.6 is 0 Å². The summed E-state index contributed by atoms with van der Waals surface area (Å²) in [5, 5.41) is 11.6. The Labute approximate surface area is 211 Å². The predicted octanol–water partition coefficient (Wildman–Crippen LogP) is 3.05. The summed E-state index contributed by atoms with van der Waals surface area (Å²) >= 11 is 0. The number of carbonyl (C=O) groups excluding carboxylic acids is 1. The second kappa shape index (κ2) is 10.1. The Morgan fingerprint density at radius 1 is 1.16 bits per heavy atom. The first-order valence-electron chi connectivity index (χ1n) is 11.4. The lowest BCUT2D eigenvalue weighted by Crippen LogP contribution is -2.30. The number of carbonyl (C=O) groups is 1. The van der Waals surface area contributed by atoms with E-state index in [0.717, 1.165) is 36.4 Å². The van der Waals surface area contributed by atoms with Gasteiger partial charge in [0, 0.05) is 50.6 Å². The lowest BCUT2D eigenvalue weighted by Gasteiger charge is -2.28. The monoisotopic (exact) mass is 513 g/mol. The zero-order valence-corrected chi connectivity index (χ0v) is 20.5. The van der Waals surface area contributed by atoms with Gasteiger partial charge in [0.05, 0.1) is 17.1 Å². The van der Waals surface area contributed by atoms with E-state index in [0.29, 0.717) is 29.0 Å². The van der Waals surface area contributed by atoms with Crippen LogP contribution in [-0.4, -0.2) is 48.6 Å². The van der Waals surface area contributed by atoms with Gasteiger partial charge in [-0.2, -0.15) is 14.9 Å². The Morgan fingerprint density at radius 2 is 1.84 bits per heavy atom. The van der Waals surface area contributed by atoms with Crippen molar-refractivity contribution in [3.8, 4) is 5.69 Å². The minimum Gasteiger partial charge on any atom is -0.368 e. The van der Waals surface area contributed by atoms with Gasteiger partial charge in [-0.1, -0.05) is 13.0 Å². The van der Waals surface area contributed by atoms with Gasteiger partial charge in [0.1, 0.15) is 11.4 Å². The number of nitrogens with one attached hydrogen (secondary N) is 1. The van der Waals surface area contributed by atoms with Crippen molar-refractivity contribution in [2.24, 2.45) is 16.8 Å². The summed E-state index contributed by atoms with van der Waals surface area (Å²) < 4.78 is 44.2. The van der Waals surface area contributed by atoms with E-state index in [9.17, 15) is 18.4 Å². The molecule has 0 unspecified atom stereocenters. The SMILES string of the molecule is C=NN(C)c1c(F)cc(NC(=O)c2ccc(=O)n(-c3c(F)cccc3F)n2)c(N2C[C@@H](C)[C@@H](N)C2)c1C. The lowest BCUT2D eigenvalue weighted by molar-refractivity contribution is 0.102. The normalized spacial score (nSPS) is 17.1. The molecular weight excluding hydrogens is 487 g/mol. The molecule has 1 amide bonds. The van der Waals surface area contributed by atoms with Gasteiger partial charge < -0.3 is 16.0 Å². The number of hydrogen-bond acceptors (Lipinski definition) is 7. The van der Waals surface area contributed by atoms with Crippen molar-refractivity contribution in [3.63, 3.8) is 0 Å². The molecule has 0 radical (unpaired) electrons. The molecule has 3 aromatic rings. The van der Waals surface area contributed by atoms with E-state index in [2.05, 4.69) is 22.2 Å². The van der Waals surface area contributed by atoms with Crippen LogP contribution < -0.4 is 26.5 Å². The van der Waals surface area contributed by atoms with E-state index in [1.807, 2.05) is 11.8 Å². The maximum absolute atomic E-state index is 15.2. The van der Waals surface area contributed by atoms with Gasteiger partial charge in [-0.3, -0.25) is 14.6 Å². The second-order valence-corrected chi connectivity index (χ2v) is 8.93. The molecule has 4 rings (SSSR count). The highest BCUT2D eigenvalue weighted by Crippen LogP contribution is 2.40. The van der Waals surface area contributed by atoms with Crippen molar-refractivity contribution in [2.75, 3.05) is 35.4 Å². The molecule has 1 aromatic heterocycles. The molecule has 2 heterocycles. The van der Waals surface area contributed by atoms with Crippen LogP contribution in [-0.2, 0) is 0 Å². The molecule has 194 valence electrons. The molecule has 1 aliphatic heterocycles. The summed E-state index contributed by atoms with van der Waals surface area (Å²) in [6, 6.07) is 6.18. The van der Waals surface area contributed by atoms with Crippen molar-refractivity contribution >= 4 is 29.7 Å². The van der Waals surface area contributed by atoms with Crippen LogP contribution in [0.2, 0.25) is 0 Å². The van der Waals surface area contributed by atoms with E-state index in [4.69, 9.17) is 5.73 Å². The van der Waals surface area contributed by atoms with Gasteiger partial charge in [0.2, 0.25) is 0 Å². The third-order valence-corrected chi connectivity index (χ3v) is 6.42. The number of benzene rings is 2. The van der Waals surface area contributed by atoms with Crippen molar-refractivity contribution in [1.29, 1.82) is 0 Å². The van der Waals surface area contributed by atoms with Gasteiger partial charge >= 0.3 is 0 Å². The van der Waals surface area contributed by atoms with Gasteiger partial charge in [-0.15, -0.1) is 0 Å². The van der Waals surface area contributed by atoms with Crippen molar-refractivity contribution in [1.82, 2.24) is 9.78 Å². The second-order valence-electron chi connectivity index (χ2n) is 8.93. The van der Waals surface area contributed by atoms with Crippen LogP contribution in [0, 0.1) is 30.3 Å². The Kier molecular flexibility index (Phi) is 7.03. The molecule has 1 aliphatic rings. The number of anilines is 3. The number of halogens is 3. The summed E-state index contributed by atoms with van der Waals surface area (Å²) in [5.74, 6) is -3.38. The fourth-order valence-electron chi connectivity index (χ4n) is 4.47. The standard InChI is InChI=1S/C25H26F3N7O2/c1-13-11-34(12-18(13)29)23-14(2)22(33(4)30-3)17(28)10-20(23)31-25(37)19-8-9-21(36)35(32-19)24-15(26)6-5-7-16(24)27/h5-10,13,18H,3,11-12,29H2,1-2,4H3,(H,31,37)/t13-,18+/m1/s1. The van der Waals surface area contributed by atoms with Crippen LogP contribution in [0.3, 0.4) is 0 Å². The molecule has 9 nitrogen and oxygen atoms in total. The highest BCUT2D eigenvalue weighted by atomic mass is 19.1. The van der Waals surface area contributed by atoms with Gasteiger partial charge in [-0.05, 0) is 31.0 Å². The number of nitrogens with two attached hydrogens (primary N) is 1. The van der Waals surface area contributed by atoms with Crippen LogP contribution in [0.25, 0.3) is 5.69 Å². The number of amides is 1. The number of hydrogen-bond donors (Lipinski definition) is 2. The van der Waals surface area contributed by atoms with Crippen molar-refractivity contribution in [2.45, 2.75) is 19.9 Å². The molecular formula is C25H26F3N7O2. The van der Waals surface area contributed by atoms with Crippen molar-refractivity contribution in [3.05, 3.63) is 75.5 Å². The van der Waals surface area contributed by atoms with Crippen LogP contribution in [0.5, 0.6) is 0 Å². The van der Waals surface area contributed by atoms with Gasteiger partial charge in [0.25, 0.3) is 11.5 Å². The van der Waals surface area contributed by atoms with E-state index < -0.39 is 34.6 Å². The first-order valence-corrected chi connectivity index (χ1v) is 11.4. The van der Waals surface area contributed by atoms with E-state index in [1.165, 1.54) is 5.01 Å². The lowest BCUT2D eigenvalue weighted by atomic mass is 10.1.